The summed E-state index contributed by atoms with van der Waals surface area (Å²) in [4.78, 5) is 32.4. The summed E-state index contributed by atoms with van der Waals surface area (Å²) < 4.78 is 15.2. The standard InChI is InChI=1S/C19H23Br2N3O5/c1-27-18(25)4-6-28-8-9-29-7-5-22-19(26)13-2-3-14-15(10-13)24-17(12-21)16(11-20)23-14/h2-3,10H,4-9,11-12H2,1H3,(H,22,26). The first-order valence-corrected chi connectivity index (χ1v) is 11.2. The molecule has 0 atom stereocenters. The van der Waals surface area contributed by atoms with E-state index in [1.807, 2.05) is 0 Å². The molecule has 0 unspecified atom stereocenters. The van der Waals surface area contributed by atoms with E-state index < -0.39 is 0 Å². The molecule has 8 nitrogen and oxygen atoms in total. The van der Waals surface area contributed by atoms with Crippen molar-refractivity contribution < 1.29 is 23.8 Å². The molecule has 0 bridgehead atoms. The Balaban J connectivity index is 1.73. The van der Waals surface area contributed by atoms with Gasteiger partial charge in [0.15, 0.2) is 0 Å². The van der Waals surface area contributed by atoms with Crippen LogP contribution in [0.2, 0.25) is 0 Å². The van der Waals surface area contributed by atoms with Gasteiger partial charge in [-0.05, 0) is 18.2 Å². The second-order valence-corrected chi connectivity index (χ2v) is 7.02. The van der Waals surface area contributed by atoms with Crippen molar-refractivity contribution in [3.63, 3.8) is 0 Å². The summed E-state index contributed by atoms with van der Waals surface area (Å²) in [6.45, 7) is 1.79. The molecule has 0 radical (unpaired) electrons. The number of carbonyl (C=O) groups is 2. The van der Waals surface area contributed by atoms with Crippen LogP contribution in [0.15, 0.2) is 18.2 Å². The number of rotatable bonds is 12. The maximum absolute atomic E-state index is 12.3. The highest BCUT2D eigenvalue weighted by molar-refractivity contribution is 9.09. The van der Waals surface area contributed by atoms with Gasteiger partial charge in [0.05, 0.1) is 62.4 Å². The molecule has 2 rings (SSSR count). The van der Waals surface area contributed by atoms with Gasteiger partial charge < -0.3 is 19.5 Å². The topological polar surface area (TPSA) is 99.6 Å². The Labute approximate surface area is 186 Å². The summed E-state index contributed by atoms with van der Waals surface area (Å²) >= 11 is 6.83. The Morgan fingerprint density at radius 1 is 0.966 bits per heavy atom. The lowest BCUT2D eigenvalue weighted by atomic mass is 10.1. The number of halogens is 2. The normalized spacial score (nSPS) is 10.9. The molecule has 1 heterocycles. The van der Waals surface area contributed by atoms with Crippen LogP contribution in [-0.2, 0) is 29.7 Å². The third-order valence-electron chi connectivity index (χ3n) is 3.92. The minimum Gasteiger partial charge on any atom is -0.469 e. The van der Waals surface area contributed by atoms with Crippen LogP contribution in [0.1, 0.15) is 28.2 Å². The molecule has 0 aliphatic heterocycles. The zero-order chi connectivity index (χ0) is 21.1. The first-order valence-electron chi connectivity index (χ1n) is 9.01. The molecule has 29 heavy (non-hydrogen) atoms. The van der Waals surface area contributed by atoms with Gasteiger partial charge in [0.1, 0.15) is 0 Å². The summed E-state index contributed by atoms with van der Waals surface area (Å²) in [5, 5.41) is 4.02. The monoisotopic (exact) mass is 531 g/mol. The molecule has 0 fully saturated rings. The first-order chi connectivity index (χ1) is 14.1. The van der Waals surface area contributed by atoms with E-state index in [9.17, 15) is 9.59 Å². The van der Waals surface area contributed by atoms with Crippen molar-refractivity contribution in [1.29, 1.82) is 0 Å². The Morgan fingerprint density at radius 2 is 1.62 bits per heavy atom. The largest absolute Gasteiger partial charge is 0.469 e. The van der Waals surface area contributed by atoms with Crippen LogP contribution in [0.3, 0.4) is 0 Å². The average molecular weight is 533 g/mol. The number of hydrogen-bond acceptors (Lipinski definition) is 7. The van der Waals surface area contributed by atoms with Gasteiger partial charge in [0.2, 0.25) is 0 Å². The van der Waals surface area contributed by atoms with E-state index in [1.54, 1.807) is 18.2 Å². The van der Waals surface area contributed by atoms with Crippen molar-refractivity contribution in [2.75, 3.05) is 40.1 Å². The van der Waals surface area contributed by atoms with Gasteiger partial charge in [-0.1, -0.05) is 31.9 Å². The van der Waals surface area contributed by atoms with Crippen molar-refractivity contribution in [2.45, 2.75) is 17.1 Å². The maximum atomic E-state index is 12.3. The third-order valence-corrected chi connectivity index (χ3v) is 4.98. The second-order valence-electron chi connectivity index (χ2n) is 5.89. The highest BCUT2D eigenvalue weighted by Crippen LogP contribution is 2.18. The van der Waals surface area contributed by atoms with Gasteiger partial charge >= 0.3 is 5.97 Å². The summed E-state index contributed by atoms with van der Waals surface area (Å²) in [7, 11) is 1.34. The summed E-state index contributed by atoms with van der Waals surface area (Å²) in [5.41, 5.74) is 3.66. The smallest absolute Gasteiger partial charge is 0.307 e. The molecule has 0 aliphatic carbocycles. The number of esters is 1. The Hall–Kier alpha value is -1.62. The van der Waals surface area contributed by atoms with Gasteiger partial charge in [-0.2, -0.15) is 0 Å². The number of amides is 1. The Morgan fingerprint density at radius 3 is 2.28 bits per heavy atom. The van der Waals surface area contributed by atoms with Crippen LogP contribution in [0.25, 0.3) is 11.0 Å². The number of nitrogens with one attached hydrogen (secondary N) is 1. The fourth-order valence-electron chi connectivity index (χ4n) is 2.40. The number of hydrogen-bond donors (Lipinski definition) is 1. The van der Waals surface area contributed by atoms with Crippen molar-refractivity contribution in [3.05, 3.63) is 35.2 Å². The third kappa shape index (κ3) is 7.61. The van der Waals surface area contributed by atoms with Gasteiger partial charge in [-0.25, -0.2) is 9.97 Å². The Bertz CT molecular complexity index is 835. The molecule has 10 heteroatoms. The molecular formula is C19H23Br2N3O5. The van der Waals surface area contributed by atoms with Crippen molar-refractivity contribution in [3.8, 4) is 0 Å². The average Bonchev–Trinajstić information content (AvgIpc) is 2.75. The molecule has 1 aromatic heterocycles. The number of carbonyl (C=O) groups excluding carboxylic acids is 2. The molecule has 158 valence electrons. The number of alkyl halides is 2. The summed E-state index contributed by atoms with van der Waals surface area (Å²) in [6.07, 6.45) is 0.219. The van der Waals surface area contributed by atoms with Gasteiger partial charge in [0, 0.05) is 22.8 Å². The molecule has 0 aliphatic rings. The number of fused-ring (bicyclic) bond motifs is 1. The minimum atomic E-state index is -0.305. The van der Waals surface area contributed by atoms with Gasteiger partial charge in [-0.3, -0.25) is 9.59 Å². The number of benzene rings is 1. The maximum Gasteiger partial charge on any atom is 0.307 e. The van der Waals surface area contributed by atoms with Crippen molar-refractivity contribution >= 4 is 54.8 Å². The van der Waals surface area contributed by atoms with E-state index >= 15 is 0 Å². The lowest BCUT2D eigenvalue weighted by molar-refractivity contribution is -0.141. The summed E-state index contributed by atoms with van der Waals surface area (Å²) in [6, 6.07) is 5.26. The van der Waals surface area contributed by atoms with Crippen LogP contribution in [0, 0.1) is 0 Å². The van der Waals surface area contributed by atoms with E-state index in [1.165, 1.54) is 7.11 Å². The second kappa shape index (κ2) is 12.8. The lowest BCUT2D eigenvalue weighted by Gasteiger charge is -2.09. The predicted octanol–water partition coefficient (Wildman–Crippen LogP) is 2.75. The number of ether oxygens (including phenoxy) is 3. The highest BCUT2D eigenvalue weighted by Gasteiger charge is 2.10. The van der Waals surface area contributed by atoms with Crippen LogP contribution < -0.4 is 5.32 Å². The van der Waals surface area contributed by atoms with Crippen LogP contribution >= 0.6 is 31.9 Å². The molecule has 0 spiro atoms. The van der Waals surface area contributed by atoms with Crippen molar-refractivity contribution in [2.24, 2.45) is 0 Å². The SMILES string of the molecule is COC(=O)CCOCCOCCNC(=O)c1ccc2nc(CBr)c(CBr)nc2c1. The fourth-order valence-corrected chi connectivity index (χ4v) is 3.30. The zero-order valence-corrected chi connectivity index (χ0v) is 19.3. The molecule has 2 aromatic rings. The molecule has 0 saturated carbocycles. The van der Waals surface area contributed by atoms with E-state index in [4.69, 9.17) is 9.47 Å². The Kier molecular flexibility index (Phi) is 10.5. The van der Waals surface area contributed by atoms with Gasteiger partial charge in [0.25, 0.3) is 5.91 Å². The number of methoxy groups -OCH3 is 1. The minimum absolute atomic E-state index is 0.198. The lowest BCUT2D eigenvalue weighted by Crippen LogP contribution is -2.27. The first kappa shape index (κ1) is 23.7. The van der Waals surface area contributed by atoms with E-state index in [-0.39, 0.29) is 18.3 Å². The van der Waals surface area contributed by atoms with Crippen molar-refractivity contribution in [1.82, 2.24) is 15.3 Å². The highest BCUT2D eigenvalue weighted by atomic mass is 79.9. The molecule has 1 aromatic carbocycles. The molecular weight excluding hydrogens is 510 g/mol. The number of nitrogens with zero attached hydrogens (tertiary/aromatic N) is 2. The van der Waals surface area contributed by atoms with E-state index in [2.05, 4.69) is 51.9 Å². The van der Waals surface area contributed by atoms with Gasteiger partial charge in [-0.15, -0.1) is 0 Å². The molecule has 0 saturated heterocycles. The van der Waals surface area contributed by atoms with Crippen LogP contribution in [0.4, 0.5) is 0 Å². The zero-order valence-electron chi connectivity index (χ0n) is 16.1. The number of aromatic nitrogens is 2. The summed E-state index contributed by atoms with van der Waals surface area (Å²) in [5.74, 6) is -0.503. The molecule has 1 N–H and O–H groups in total. The quantitative estimate of drug-likeness (QED) is 0.255. The van der Waals surface area contributed by atoms with Crippen LogP contribution in [0.5, 0.6) is 0 Å². The molecule has 1 amide bonds. The van der Waals surface area contributed by atoms with E-state index in [0.717, 1.165) is 16.9 Å². The predicted molar refractivity (Wildman–Crippen MR) is 115 cm³/mol. The van der Waals surface area contributed by atoms with Crippen LogP contribution in [-0.4, -0.2) is 61.9 Å². The fraction of sp³-hybridized carbons (Fsp3) is 0.474. The van der Waals surface area contributed by atoms with E-state index in [0.29, 0.717) is 54.7 Å².